The van der Waals surface area contributed by atoms with Gasteiger partial charge in [-0.15, -0.1) is 0 Å². The molecule has 2 unspecified atom stereocenters. The van der Waals surface area contributed by atoms with Crippen molar-refractivity contribution in [3.63, 3.8) is 0 Å². The number of rotatable bonds is 7. The Morgan fingerprint density at radius 1 is 1.00 bits per heavy atom. The Morgan fingerprint density at radius 2 is 1.65 bits per heavy atom. The van der Waals surface area contributed by atoms with Crippen molar-refractivity contribution in [2.24, 2.45) is 5.41 Å². The normalized spacial score (nSPS) is 15.3. The summed E-state index contributed by atoms with van der Waals surface area (Å²) in [5.41, 5.74) is 0.585. The Labute approximate surface area is 236 Å². The van der Waals surface area contributed by atoms with Crippen molar-refractivity contribution in [2.75, 3.05) is 11.9 Å². The maximum absolute atomic E-state index is 14.7. The van der Waals surface area contributed by atoms with Crippen molar-refractivity contribution < 1.29 is 28.3 Å². The standard InChI is InChI=1S/C31H29ClF2N2O4/c1-31(2,3)26(18-7-5-4-6-8-18)28(29(38)35-21-11-9-19(10-12-21)30(39)40)36-16-15-20(17-24(36)37)25-23(33)14-13-22(32)27(25)34/h4-14,17,26,28H,15-16H2,1-3H3,(H,35,38)(H,39,40). The highest BCUT2D eigenvalue weighted by molar-refractivity contribution is 6.31. The molecule has 4 rings (SSSR count). The zero-order valence-corrected chi connectivity index (χ0v) is 23.0. The second-order valence-corrected chi connectivity index (χ2v) is 11.1. The summed E-state index contributed by atoms with van der Waals surface area (Å²) < 4.78 is 29.3. The number of nitrogens with zero attached hydrogens (tertiary/aromatic N) is 1. The molecule has 208 valence electrons. The van der Waals surface area contributed by atoms with Crippen molar-refractivity contribution in [1.29, 1.82) is 0 Å². The van der Waals surface area contributed by atoms with E-state index in [4.69, 9.17) is 11.6 Å². The van der Waals surface area contributed by atoms with Crippen molar-refractivity contribution >= 4 is 40.6 Å². The van der Waals surface area contributed by atoms with E-state index in [1.807, 2.05) is 51.1 Å². The molecule has 3 aromatic carbocycles. The van der Waals surface area contributed by atoms with E-state index >= 15 is 0 Å². The first-order valence-electron chi connectivity index (χ1n) is 12.7. The Bertz CT molecular complexity index is 1470. The predicted octanol–water partition coefficient (Wildman–Crippen LogP) is 6.77. The number of benzene rings is 3. The largest absolute Gasteiger partial charge is 0.478 e. The summed E-state index contributed by atoms with van der Waals surface area (Å²) in [6.07, 6.45) is 1.26. The second-order valence-electron chi connectivity index (χ2n) is 10.7. The number of carboxylic acid groups (broad SMARTS) is 1. The molecule has 9 heteroatoms. The number of carbonyl (C=O) groups excluding carboxylic acids is 2. The van der Waals surface area contributed by atoms with E-state index in [1.54, 1.807) is 0 Å². The number of hydrogen-bond acceptors (Lipinski definition) is 3. The summed E-state index contributed by atoms with van der Waals surface area (Å²) in [4.78, 5) is 40.2. The third-order valence-corrected chi connectivity index (χ3v) is 7.27. The quantitative estimate of drug-likeness (QED) is 0.309. The van der Waals surface area contributed by atoms with Crippen LogP contribution in [0, 0.1) is 17.0 Å². The van der Waals surface area contributed by atoms with Gasteiger partial charge < -0.3 is 15.3 Å². The summed E-state index contributed by atoms with van der Waals surface area (Å²) in [7, 11) is 0. The van der Waals surface area contributed by atoms with Gasteiger partial charge in [0, 0.05) is 24.2 Å². The molecule has 2 amide bonds. The molecular formula is C31H29ClF2N2O4. The van der Waals surface area contributed by atoms with Crippen molar-refractivity contribution in [3.05, 3.63) is 106 Å². The Balaban J connectivity index is 1.76. The van der Waals surface area contributed by atoms with Crippen LogP contribution in [0.3, 0.4) is 0 Å². The van der Waals surface area contributed by atoms with Gasteiger partial charge in [0.2, 0.25) is 11.8 Å². The van der Waals surface area contributed by atoms with E-state index in [0.29, 0.717) is 5.69 Å². The fraction of sp³-hybridized carbons (Fsp3) is 0.258. The first kappa shape index (κ1) is 29.0. The number of halogens is 3. The van der Waals surface area contributed by atoms with Gasteiger partial charge in [-0.3, -0.25) is 9.59 Å². The third kappa shape index (κ3) is 6.07. The number of carboxylic acids is 1. The lowest BCUT2D eigenvalue weighted by molar-refractivity contribution is -0.137. The maximum Gasteiger partial charge on any atom is 0.335 e. The van der Waals surface area contributed by atoms with E-state index < -0.39 is 46.8 Å². The van der Waals surface area contributed by atoms with Crippen LogP contribution in [0.1, 0.15) is 54.6 Å². The summed E-state index contributed by atoms with van der Waals surface area (Å²) >= 11 is 5.88. The number of amides is 2. The molecule has 2 atom stereocenters. The molecule has 0 spiro atoms. The van der Waals surface area contributed by atoms with Crippen LogP contribution >= 0.6 is 11.6 Å². The van der Waals surface area contributed by atoms with Gasteiger partial charge in [-0.25, -0.2) is 13.6 Å². The monoisotopic (exact) mass is 566 g/mol. The molecule has 0 fully saturated rings. The number of nitrogens with one attached hydrogen (secondary N) is 1. The lowest BCUT2D eigenvalue weighted by atomic mass is 9.71. The van der Waals surface area contributed by atoms with Gasteiger partial charge in [0.15, 0.2) is 5.82 Å². The fourth-order valence-corrected chi connectivity index (χ4v) is 5.31. The van der Waals surface area contributed by atoms with Gasteiger partial charge in [0.25, 0.3) is 0 Å². The van der Waals surface area contributed by atoms with Crippen LogP contribution in [0.15, 0.2) is 72.8 Å². The summed E-state index contributed by atoms with van der Waals surface area (Å²) in [5.74, 6) is -4.37. The number of hydrogen-bond donors (Lipinski definition) is 2. The molecular weight excluding hydrogens is 538 g/mol. The molecule has 40 heavy (non-hydrogen) atoms. The van der Waals surface area contributed by atoms with Crippen LogP contribution in [0.2, 0.25) is 5.02 Å². The first-order valence-corrected chi connectivity index (χ1v) is 13.1. The van der Waals surface area contributed by atoms with Crippen LogP contribution in [-0.2, 0) is 9.59 Å². The molecule has 1 aliphatic heterocycles. The average Bonchev–Trinajstić information content (AvgIpc) is 2.90. The van der Waals surface area contributed by atoms with E-state index in [1.165, 1.54) is 29.2 Å². The molecule has 6 nitrogen and oxygen atoms in total. The first-order chi connectivity index (χ1) is 18.9. The maximum atomic E-state index is 14.7. The average molecular weight is 567 g/mol. The SMILES string of the molecule is CC(C)(C)C(c1ccccc1)C(C(=O)Nc1ccc(C(=O)O)cc1)N1CCC(c2c(F)ccc(Cl)c2F)=CC1=O. The number of aromatic carboxylic acids is 1. The van der Waals surface area contributed by atoms with Crippen LogP contribution in [-0.4, -0.2) is 40.4 Å². The Kier molecular flexibility index (Phi) is 8.40. The molecule has 0 saturated heterocycles. The molecule has 0 aliphatic carbocycles. The minimum atomic E-state index is -1.10. The molecule has 0 bridgehead atoms. The molecule has 0 aromatic heterocycles. The minimum absolute atomic E-state index is 0.0332. The minimum Gasteiger partial charge on any atom is -0.478 e. The topological polar surface area (TPSA) is 86.7 Å². The molecule has 0 saturated carbocycles. The Hall–Kier alpha value is -4.04. The second kappa shape index (κ2) is 11.6. The van der Waals surface area contributed by atoms with Gasteiger partial charge in [0.1, 0.15) is 11.9 Å². The highest BCUT2D eigenvalue weighted by atomic mass is 35.5. The summed E-state index contributed by atoms with van der Waals surface area (Å²) in [6, 6.07) is 16.2. The van der Waals surface area contributed by atoms with Gasteiger partial charge in [0.05, 0.1) is 16.1 Å². The summed E-state index contributed by atoms with van der Waals surface area (Å²) in [5, 5.41) is 11.8. The lowest BCUT2D eigenvalue weighted by Gasteiger charge is -2.43. The predicted molar refractivity (Wildman–Crippen MR) is 150 cm³/mol. The van der Waals surface area contributed by atoms with Crippen LogP contribution in [0.5, 0.6) is 0 Å². The molecule has 0 radical (unpaired) electrons. The zero-order valence-electron chi connectivity index (χ0n) is 22.3. The number of carbonyl (C=O) groups is 3. The van der Waals surface area contributed by atoms with E-state index in [2.05, 4.69) is 5.32 Å². The van der Waals surface area contributed by atoms with Crippen molar-refractivity contribution in [2.45, 2.75) is 39.2 Å². The van der Waals surface area contributed by atoms with Gasteiger partial charge >= 0.3 is 5.97 Å². The third-order valence-electron chi connectivity index (χ3n) is 6.98. The van der Waals surface area contributed by atoms with Gasteiger partial charge in [-0.2, -0.15) is 0 Å². The Morgan fingerprint density at radius 3 is 2.23 bits per heavy atom. The number of anilines is 1. The van der Waals surface area contributed by atoms with Gasteiger partial charge in [-0.1, -0.05) is 62.7 Å². The van der Waals surface area contributed by atoms with Crippen molar-refractivity contribution in [1.82, 2.24) is 4.90 Å². The molecule has 2 N–H and O–H groups in total. The van der Waals surface area contributed by atoms with Crippen molar-refractivity contribution in [3.8, 4) is 0 Å². The lowest BCUT2D eigenvalue weighted by Crippen LogP contribution is -2.54. The molecule has 1 aliphatic rings. The van der Waals surface area contributed by atoms with E-state index in [0.717, 1.165) is 23.8 Å². The van der Waals surface area contributed by atoms with E-state index in [-0.39, 0.29) is 34.7 Å². The zero-order chi connectivity index (χ0) is 29.2. The highest BCUT2D eigenvalue weighted by Crippen LogP contribution is 2.42. The van der Waals surface area contributed by atoms with E-state index in [9.17, 15) is 28.3 Å². The molecule has 3 aromatic rings. The summed E-state index contributed by atoms with van der Waals surface area (Å²) in [6.45, 7) is 5.95. The van der Waals surface area contributed by atoms with Crippen LogP contribution < -0.4 is 5.32 Å². The smallest absolute Gasteiger partial charge is 0.335 e. The van der Waals surface area contributed by atoms with Gasteiger partial charge in [-0.05, 0) is 59.4 Å². The van der Waals surface area contributed by atoms with Crippen LogP contribution in [0.4, 0.5) is 14.5 Å². The molecule has 1 heterocycles. The van der Waals surface area contributed by atoms with Crippen LogP contribution in [0.25, 0.3) is 5.57 Å². The highest BCUT2D eigenvalue weighted by Gasteiger charge is 2.43. The fourth-order valence-electron chi connectivity index (χ4n) is 5.15.